The number of carbonyl (C=O) groups is 1. The lowest BCUT2D eigenvalue weighted by Crippen LogP contribution is -2.15. The minimum atomic E-state index is -0.228. The van der Waals surface area contributed by atoms with Crippen molar-refractivity contribution >= 4 is 34.0 Å². The fourth-order valence-electron chi connectivity index (χ4n) is 2.43. The molecule has 4 nitrogen and oxygen atoms in total. The highest BCUT2D eigenvalue weighted by molar-refractivity contribution is 7.15. The summed E-state index contributed by atoms with van der Waals surface area (Å²) in [6.07, 6.45) is 2.53. The third-order valence-corrected chi connectivity index (χ3v) is 4.72. The molecule has 3 rings (SSSR count). The Morgan fingerprint density at radius 1 is 1.19 bits per heavy atom. The van der Waals surface area contributed by atoms with Gasteiger partial charge in [0.1, 0.15) is 5.75 Å². The Hall–Kier alpha value is -2.37. The van der Waals surface area contributed by atoms with Gasteiger partial charge in [0, 0.05) is 22.5 Å². The molecule has 1 aromatic heterocycles. The Balaban J connectivity index is 1.69. The van der Waals surface area contributed by atoms with Crippen LogP contribution in [0.3, 0.4) is 0 Å². The number of rotatable bonds is 6. The molecule has 0 spiro atoms. The first-order valence-electron chi connectivity index (χ1n) is 8.27. The number of aromatic nitrogens is 1. The quantitative estimate of drug-likeness (QED) is 0.614. The number of ether oxygens (including phenoxy) is 1. The molecule has 0 aliphatic rings. The van der Waals surface area contributed by atoms with Crippen LogP contribution in [-0.2, 0) is 6.42 Å². The van der Waals surface area contributed by atoms with Crippen molar-refractivity contribution in [2.45, 2.75) is 26.4 Å². The van der Waals surface area contributed by atoms with E-state index < -0.39 is 0 Å². The lowest BCUT2D eigenvalue weighted by atomic mass is 10.1. The molecule has 0 unspecified atom stereocenters. The number of carbonyl (C=O) groups excluding carboxylic acids is 1. The van der Waals surface area contributed by atoms with Gasteiger partial charge in [-0.1, -0.05) is 35.9 Å². The van der Waals surface area contributed by atoms with E-state index in [1.165, 1.54) is 11.3 Å². The largest absolute Gasteiger partial charge is 0.490 e. The van der Waals surface area contributed by atoms with Crippen LogP contribution in [-0.4, -0.2) is 17.0 Å². The van der Waals surface area contributed by atoms with Gasteiger partial charge in [-0.15, -0.1) is 11.3 Å². The molecule has 26 heavy (non-hydrogen) atoms. The average Bonchev–Trinajstić information content (AvgIpc) is 3.04. The molecule has 6 heteroatoms. The van der Waals surface area contributed by atoms with Crippen LogP contribution in [0.1, 0.15) is 34.6 Å². The van der Waals surface area contributed by atoms with Crippen molar-refractivity contribution in [3.63, 3.8) is 0 Å². The van der Waals surface area contributed by atoms with Crippen LogP contribution in [0.25, 0.3) is 0 Å². The number of amides is 1. The summed E-state index contributed by atoms with van der Waals surface area (Å²) in [7, 11) is 0. The van der Waals surface area contributed by atoms with Crippen LogP contribution < -0.4 is 10.1 Å². The molecule has 0 radical (unpaired) electrons. The van der Waals surface area contributed by atoms with E-state index in [0.29, 0.717) is 21.5 Å². The van der Waals surface area contributed by atoms with Gasteiger partial charge in [0.15, 0.2) is 5.13 Å². The average molecular weight is 387 g/mol. The fraction of sp³-hybridized carbons (Fsp3) is 0.200. The zero-order valence-corrected chi connectivity index (χ0v) is 16.1. The van der Waals surface area contributed by atoms with Crippen molar-refractivity contribution in [1.29, 1.82) is 0 Å². The number of hydrogen-bond donors (Lipinski definition) is 1. The maximum atomic E-state index is 12.6. The van der Waals surface area contributed by atoms with E-state index >= 15 is 0 Å². The number of benzene rings is 2. The molecule has 0 saturated carbocycles. The predicted molar refractivity (Wildman–Crippen MR) is 107 cm³/mol. The predicted octanol–water partition coefficient (Wildman–Crippen LogP) is 5.43. The van der Waals surface area contributed by atoms with E-state index in [1.54, 1.807) is 18.3 Å². The van der Waals surface area contributed by atoms with Crippen molar-refractivity contribution in [2.24, 2.45) is 0 Å². The number of nitrogens with one attached hydrogen (secondary N) is 1. The van der Waals surface area contributed by atoms with Gasteiger partial charge in [0.05, 0.1) is 11.7 Å². The molecule has 0 aliphatic heterocycles. The summed E-state index contributed by atoms with van der Waals surface area (Å²) in [5, 5.41) is 4.14. The highest BCUT2D eigenvalue weighted by Gasteiger charge is 2.15. The molecular weight excluding hydrogens is 368 g/mol. The van der Waals surface area contributed by atoms with Gasteiger partial charge < -0.3 is 4.74 Å². The Bertz CT molecular complexity index is 891. The molecule has 1 N–H and O–H groups in total. The van der Waals surface area contributed by atoms with Crippen LogP contribution in [0.5, 0.6) is 5.75 Å². The molecule has 0 aliphatic carbocycles. The Morgan fingerprint density at radius 3 is 2.65 bits per heavy atom. The van der Waals surface area contributed by atoms with Gasteiger partial charge in [-0.2, -0.15) is 0 Å². The second-order valence-corrected chi connectivity index (χ2v) is 7.60. The van der Waals surface area contributed by atoms with E-state index in [4.69, 9.17) is 16.3 Å². The normalized spacial score (nSPS) is 10.8. The Kier molecular flexibility index (Phi) is 5.91. The van der Waals surface area contributed by atoms with Crippen LogP contribution in [0.4, 0.5) is 5.13 Å². The van der Waals surface area contributed by atoms with Crippen molar-refractivity contribution in [3.05, 3.63) is 75.8 Å². The summed E-state index contributed by atoms with van der Waals surface area (Å²) in [5.74, 6) is 0.339. The number of anilines is 1. The second kappa shape index (κ2) is 8.34. The summed E-state index contributed by atoms with van der Waals surface area (Å²) >= 11 is 7.37. The van der Waals surface area contributed by atoms with Crippen molar-refractivity contribution in [3.8, 4) is 5.75 Å². The van der Waals surface area contributed by atoms with Crippen LogP contribution in [0.15, 0.2) is 54.7 Å². The van der Waals surface area contributed by atoms with E-state index in [0.717, 1.165) is 16.9 Å². The number of thiazole rings is 1. The number of hydrogen-bond acceptors (Lipinski definition) is 4. The number of para-hydroxylation sites is 1. The summed E-state index contributed by atoms with van der Waals surface area (Å²) in [6, 6.07) is 14.9. The van der Waals surface area contributed by atoms with Gasteiger partial charge in [-0.3, -0.25) is 10.1 Å². The second-order valence-electron chi connectivity index (χ2n) is 6.05. The van der Waals surface area contributed by atoms with Gasteiger partial charge in [-0.25, -0.2) is 4.98 Å². The third kappa shape index (κ3) is 4.84. The lowest BCUT2D eigenvalue weighted by Gasteiger charge is -2.13. The zero-order chi connectivity index (χ0) is 18.5. The monoisotopic (exact) mass is 386 g/mol. The molecule has 134 valence electrons. The maximum Gasteiger partial charge on any atom is 0.261 e. The van der Waals surface area contributed by atoms with Gasteiger partial charge >= 0.3 is 0 Å². The SMILES string of the molecule is CC(C)Oc1ccccc1C(=O)Nc1ncc(Cc2ccc(Cl)cc2)s1. The molecule has 0 bridgehead atoms. The van der Waals surface area contributed by atoms with E-state index in [1.807, 2.05) is 50.2 Å². The standard InChI is InChI=1S/C20H19ClN2O2S/c1-13(2)25-18-6-4-3-5-17(18)19(24)23-20-22-12-16(26-20)11-14-7-9-15(21)10-8-14/h3-10,12-13H,11H2,1-2H3,(H,22,23,24). The van der Waals surface area contributed by atoms with Gasteiger partial charge in [-0.05, 0) is 43.7 Å². The summed E-state index contributed by atoms with van der Waals surface area (Å²) in [6.45, 7) is 3.86. The van der Waals surface area contributed by atoms with Gasteiger partial charge in [0.25, 0.3) is 5.91 Å². The van der Waals surface area contributed by atoms with E-state index in [2.05, 4.69) is 10.3 Å². The minimum Gasteiger partial charge on any atom is -0.490 e. The molecule has 2 aromatic carbocycles. The zero-order valence-electron chi connectivity index (χ0n) is 14.5. The first kappa shape index (κ1) is 18.4. The summed E-state index contributed by atoms with van der Waals surface area (Å²) in [4.78, 5) is 18.0. The minimum absolute atomic E-state index is 0.00482. The number of nitrogens with zero attached hydrogens (tertiary/aromatic N) is 1. The molecular formula is C20H19ClN2O2S. The Labute approximate surface area is 161 Å². The van der Waals surface area contributed by atoms with Gasteiger partial charge in [0.2, 0.25) is 0 Å². The number of halogens is 1. The van der Waals surface area contributed by atoms with Crippen molar-refractivity contribution < 1.29 is 9.53 Å². The molecule has 3 aromatic rings. The maximum absolute atomic E-state index is 12.6. The fourth-order valence-corrected chi connectivity index (χ4v) is 3.39. The third-order valence-electron chi connectivity index (χ3n) is 3.56. The van der Waals surface area contributed by atoms with Crippen LogP contribution in [0.2, 0.25) is 5.02 Å². The van der Waals surface area contributed by atoms with Crippen molar-refractivity contribution in [2.75, 3.05) is 5.32 Å². The van der Waals surface area contributed by atoms with Crippen LogP contribution in [0, 0.1) is 0 Å². The molecule has 1 heterocycles. The first-order valence-corrected chi connectivity index (χ1v) is 9.47. The van der Waals surface area contributed by atoms with E-state index in [-0.39, 0.29) is 12.0 Å². The molecule has 1 amide bonds. The van der Waals surface area contributed by atoms with Crippen LogP contribution >= 0.6 is 22.9 Å². The smallest absolute Gasteiger partial charge is 0.261 e. The molecule has 0 atom stereocenters. The highest BCUT2D eigenvalue weighted by atomic mass is 35.5. The lowest BCUT2D eigenvalue weighted by molar-refractivity contribution is 0.102. The summed E-state index contributed by atoms with van der Waals surface area (Å²) < 4.78 is 5.71. The first-order chi connectivity index (χ1) is 12.5. The van der Waals surface area contributed by atoms with Crippen molar-refractivity contribution in [1.82, 2.24) is 4.98 Å². The topological polar surface area (TPSA) is 51.2 Å². The Morgan fingerprint density at radius 2 is 1.92 bits per heavy atom. The highest BCUT2D eigenvalue weighted by Crippen LogP contribution is 2.25. The molecule has 0 saturated heterocycles. The van der Waals surface area contributed by atoms with E-state index in [9.17, 15) is 4.79 Å². The summed E-state index contributed by atoms with van der Waals surface area (Å²) in [5.41, 5.74) is 1.64. The molecule has 0 fully saturated rings.